The number of hydrogen-bond acceptors (Lipinski definition) is 2. The summed E-state index contributed by atoms with van der Waals surface area (Å²) in [5.74, 6) is 0. The van der Waals surface area contributed by atoms with Gasteiger partial charge in [0.05, 0.1) is 6.10 Å². The van der Waals surface area contributed by atoms with E-state index in [1.54, 1.807) is 0 Å². The van der Waals surface area contributed by atoms with Crippen LogP contribution < -0.4 is 0 Å². The van der Waals surface area contributed by atoms with E-state index in [0.717, 1.165) is 11.1 Å². The fraction of sp³-hybridized carbons (Fsp3) is 0.286. The normalized spacial score (nSPS) is 21.8. The first-order chi connectivity index (χ1) is 7.79. The number of rotatable bonds is 0. The molecule has 17 heavy (non-hydrogen) atoms. The van der Waals surface area contributed by atoms with Gasteiger partial charge in [-0.05, 0) is 12.8 Å². The molecule has 1 aliphatic carbocycles. The maximum Gasteiger partial charge on any atom is 0.0565 e. The zero-order valence-corrected chi connectivity index (χ0v) is 10.5. The standard InChI is InChI=1S/C9H11O2.C5H5.Fe/c10-8-4-5-9(11)7-3-1-2-6(7)8;1-2-4-5-3-1;/h1-3,8-11H,4-5H2;1-5H;/q-1;-5;. The van der Waals surface area contributed by atoms with E-state index >= 15 is 0 Å². The summed E-state index contributed by atoms with van der Waals surface area (Å²) in [6.07, 6.45) is 0.642. The van der Waals surface area contributed by atoms with Crippen LogP contribution in [0.5, 0.6) is 0 Å². The van der Waals surface area contributed by atoms with Crippen LogP contribution in [-0.2, 0) is 17.1 Å². The van der Waals surface area contributed by atoms with E-state index in [1.165, 1.54) is 0 Å². The second-order valence-electron chi connectivity index (χ2n) is 4.01. The largest absolute Gasteiger partial charge is 0.748 e. The second-order valence-corrected chi connectivity index (χ2v) is 4.01. The van der Waals surface area contributed by atoms with Crippen LogP contribution >= 0.6 is 0 Å². The maximum atomic E-state index is 9.46. The molecule has 2 aromatic carbocycles. The fourth-order valence-electron chi connectivity index (χ4n) is 2.00. The minimum Gasteiger partial charge on any atom is -0.748 e. The Bertz CT molecular complexity index is 364. The quantitative estimate of drug-likeness (QED) is 0.571. The zero-order valence-electron chi connectivity index (χ0n) is 9.44. The van der Waals surface area contributed by atoms with Crippen molar-refractivity contribution in [2.24, 2.45) is 0 Å². The van der Waals surface area contributed by atoms with Crippen LogP contribution in [0.3, 0.4) is 0 Å². The van der Waals surface area contributed by atoms with E-state index in [0.29, 0.717) is 12.8 Å². The van der Waals surface area contributed by atoms with Crippen molar-refractivity contribution in [3.63, 3.8) is 0 Å². The van der Waals surface area contributed by atoms with Crippen molar-refractivity contribution in [2.45, 2.75) is 25.0 Å². The summed E-state index contributed by atoms with van der Waals surface area (Å²) in [5, 5.41) is 18.9. The minimum absolute atomic E-state index is 0. The van der Waals surface area contributed by atoms with Crippen molar-refractivity contribution in [1.29, 1.82) is 0 Å². The molecular weight excluding hydrogens is 256 g/mol. The molecule has 0 amide bonds. The van der Waals surface area contributed by atoms with Gasteiger partial charge in [0.15, 0.2) is 0 Å². The average Bonchev–Trinajstić information content (AvgIpc) is 2.94. The van der Waals surface area contributed by atoms with Crippen LogP contribution in [0.15, 0.2) is 48.5 Å². The molecule has 0 heterocycles. The Hall–Kier alpha value is -0.861. The number of aliphatic hydroxyl groups excluding tert-OH is 2. The first-order valence-electron chi connectivity index (χ1n) is 5.57. The van der Waals surface area contributed by atoms with Gasteiger partial charge < -0.3 is 40.5 Å². The molecule has 98 valence electrons. The van der Waals surface area contributed by atoms with Crippen molar-refractivity contribution < 1.29 is 27.3 Å². The molecule has 0 saturated heterocycles. The molecular formula is C14H16FeO2-6. The third-order valence-corrected chi connectivity index (χ3v) is 2.87. The molecule has 3 heteroatoms. The van der Waals surface area contributed by atoms with Crippen LogP contribution in [0.2, 0.25) is 0 Å². The summed E-state index contributed by atoms with van der Waals surface area (Å²) in [4.78, 5) is 0. The molecule has 2 unspecified atom stereocenters. The summed E-state index contributed by atoms with van der Waals surface area (Å²) in [6, 6.07) is 15.6. The van der Waals surface area contributed by atoms with E-state index in [9.17, 15) is 10.2 Å². The molecule has 2 aromatic rings. The van der Waals surface area contributed by atoms with Crippen molar-refractivity contribution >= 4 is 0 Å². The molecule has 0 radical (unpaired) electrons. The Kier molecular flexibility index (Phi) is 5.66. The van der Waals surface area contributed by atoms with Crippen LogP contribution in [0, 0.1) is 0 Å². The maximum absolute atomic E-state index is 9.46. The molecule has 0 spiro atoms. The molecule has 0 bridgehead atoms. The SMILES string of the molecule is OC1CCC(O)[c-]2cccc21.[Fe].[cH-]1[cH-][cH-][cH-][cH-]1. The van der Waals surface area contributed by atoms with Gasteiger partial charge in [-0.15, -0.1) is 11.1 Å². The van der Waals surface area contributed by atoms with Gasteiger partial charge in [-0.25, -0.2) is 12.1 Å². The molecule has 3 rings (SSSR count). The van der Waals surface area contributed by atoms with Gasteiger partial charge in [-0.2, -0.15) is 6.07 Å². The van der Waals surface area contributed by atoms with E-state index in [2.05, 4.69) is 0 Å². The zero-order chi connectivity index (χ0) is 11.4. The summed E-state index contributed by atoms with van der Waals surface area (Å²) < 4.78 is 0. The topological polar surface area (TPSA) is 40.5 Å². The molecule has 2 N–H and O–H groups in total. The van der Waals surface area contributed by atoms with Crippen molar-refractivity contribution in [1.82, 2.24) is 0 Å². The predicted molar refractivity (Wildman–Crippen MR) is 63.2 cm³/mol. The van der Waals surface area contributed by atoms with E-state index in [-0.39, 0.29) is 29.3 Å². The van der Waals surface area contributed by atoms with E-state index < -0.39 is 0 Å². The van der Waals surface area contributed by atoms with E-state index in [1.807, 2.05) is 48.5 Å². The van der Waals surface area contributed by atoms with Crippen LogP contribution in [-0.4, -0.2) is 10.2 Å². The van der Waals surface area contributed by atoms with Crippen LogP contribution in [0.4, 0.5) is 0 Å². The van der Waals surface area contributed by atoms with Crippen molar-refractivity contribution in [3.05, 3.63) is 59.7 Å². The number of hydrogen-bond donors (Lipinski definition) is 2. The van der Waals surface area contributed by atoms with E-state index in [4.69, 9.17) is 0 Å². The summed E-state index contributed by atoms with van der Waals surface area (Å²) in [7, 11) is 0. The van der Waals surface area contributed by atoms with Gasteiger partial charge in [0.25, 0.3) is 0 Å². The number of aliphatic hydroxyl groups is 2. The van der Waals surface area contributed by atoms with Crippen LogP contribution in [0.1, 0.15) is 36.2 Å². The Morgan fingerprint density at radius 2 is 1.65 bits per heavy atom. The van der Waals surface area contributed by atoms with Crippen molar-refractivity contribution in [2.75, 3.05) is 0 Å². The molecule has 0 aromatic heterocycles. The number of fused-ring (bicyclic) bond motifs is 1. The molecule has 0 saturated carbocycles. The fourth-order valence-corrected chi connectivity index (χ4v) is 2.00. The van der Waals surface area contributed by atoms with Gasteiger partial charge in [0.2, 0.25) is 0 Å². The van der Waals surface area contributed by atoms with Crippen molar-refractivity contribution in [3.8, 4) is 0 Å². The Balaban J connectivity index is 0.000000205. The summed E-state index contributed by atoms with van der Waals surface area (Å²) >= 11 is 0. The van der Waals surface area contributed by atoms with Gasteiger partial charge in [-0.3, -0.25) is 0 Å². The van der Waals surface area contributed by atoms with Gasteiger partial charge in [-0.1, -0.05) is 0 Å². The van der Waals surface area contributed by atoms with Gasteiger partial charge in [0, 0.05) is 23.2 Å². The second kappa shape index (κ2) is 6.77. The molecule has 1 aliphatic rings. The summed E-state index contributed by atoms with van der Waals surface area (Å²) in [5.41, 5.74) is 1.81. The minimum atomic E-state index is -0.358. The first-order valence-corrected chi connectivity index (χ1v) is 5.57. The third kappa shape index (κ3) is 3.55. The third-order valence-electron chi connectivity index (χ3n) is 2.87. The van der Waals surface area contributed by atoms with Gasteiger partial charge >= 0.3 is 0 Å². The molecule has 2 atom stereocenters. The monoisotopic (exact) mass is 272 g/mol. The summed E-state index contributed by atoms with van der Waals surface area (Å²) in [6.45, 7) is 0. The average molecular weight is 272 g/mol. The van der Waals surface area contributed by atoms with Gasteiger partial charge in [0.1, 0.15) is 0 Å². The predicted octanol–water partition coefficient (Wildman–Crippen LogP) is 2.67. The smallest absolute Gasteiger partial charge is 0.0565 e. The molecule has 2 nitrogen and oxygen atoms in total. The molecule has 0 fully saturated rings. The first kappa shape index (κ1) is 14.2. The Morgan fingerprint density at radius 1 is 1.06 bits per heavy atom. The Morgan fingerprint density at radius 3 is 2.18 bits per heavy atom. The molecule has 0 aliphatic heterocycles. The van der Waals surface area contributed by atoms with Crippen LogP contribution in [0.25, 0.3) is 0 Å². The Labute approximate surface area is 112 Å².